The molecule has 0 bridgehead atoms. The number of carbonyl (C=O) groups is 1. The van der Waals surface area contributed by atoms with Crippen LogP contribution in [-0.4, -0.2) is 25.4 Å². The lowest BCUT2D eigenvalue weighted by Crippen LogP contribution is -2.22. The van der Waals surface area contributed by atoms with Crippen molar-refractivity contribution in [2.24, 2.45) is 0 Å². The summed E-state index contributed by atoms with van der Waals surface area (Å²) < 4.78 is 1.33. The van der Waals surface area contributed by atoms with Gasteiger partial charge in [-0.05, 0) is 30.3 Å². The molecule has 0 amide bonds. The average Bonchev–Trinajstić information content (AvgIpc) is 2.99. The smallest absolute Gasteiger partial charge is 0.341 e. The topological polar surface area (TPSA) is 87.5 Å². The quantitative estimate of drug-likeness (QED) is 0.596. The molecule has 0 radical (unpaired) electrons. The van der Waals surface area contributed by atoms with Crippen LogP contribution in [0.3, 0.4) is 0 Å². The number of fused-ring (bicyclic) bond motifs is 2. The molecule has 2 N–H and O–H groups in total. The fourth-order valence-electron chi connectivity index (χ4n) is 2.67. The Morgan fingerprint density at radius 1 is 1.13 bits per heavy atom. The molecule has 4 aromatic rings. The third kappa shape index (κ3) is 2.00. The minimum absolute atomic E-state index is 0.288. The lowest BCUT2D eigenvalue weighted by Gasteiger charge is -2.07. The Kier molecular flexibility index (Phi) is 2.77. The van der Waals surface area contributed by atoms with Gasteiger partial charge in [0.1, 0.15) is 11.4 Å². The van der Waals surface area contributed by atoms with Crippen LogP contribution in [-0.2, 0) is 0 Å². The van der Waals surface area contributed by atoms with Gasteiger partial charge < -0.3 is 10.1 Å². The zero-order valence-electron chi connectivity index (χ0n) is 11.9. The fraction of sp³-hybridized carbons (Fsp3) is 0. The number of para-hydroxylation sites is 2. The van der Waals surface area contributed by atoms with Crippen molar-refractivity contribution >= 4 is 22.5 Å². The van der Waals surface area contributed by atoms with E-state index in [0.717, 1.165) is 11.0 Å². The zero-order valence-corrected chi connectivity index (χ0v) is 11.9. The molecule has 112 valence electrons. The number of hydrogen-bond acceptors (Lipinski definition) is 3. The van der Waals surface area contributed by atoms with E-state index in [4.69, 9.17) is 0 Å². The molecule has 6 nitrogen and oxygen atoms in total. The summed E-state index contributed by atoms with van der Waals surface area (Å²) in [6.45, 7) is 0. The number of nitrogens with one attached hydrogen (secondary N) is 1. The monoisotopic (exact) mass is 305 g/mol. The summed E-state index contributed by atoms with van der Waals surface area (Å²) in [5.41, 5.74) is 1.94. The third-order valence-electron chi connectivity index (χ3n) is 3.75. The SMILES string of the molecule is O=C(O)c1cc(-c2nc3ccccc3[nH]2)c2ccccn2c1=O. The summed E-state index contributed by atoms with van der Waals surface area (Å²) in [5.74, 6) is -0.733. The molecule has 3 aromatic heterocycles. The second-order valence-corrected chi connectivity index (χ2v) is 5.14. The molecule has 0 aliphatic heterocycles. The Bertz CT molecular complexity index is 1090. The van der Waals surface area contributed by atoms with Crippen LogP contribution in [0.15, 0.2) is 59.5 Å². The van der Waals surface area contributed by atoms with Crippen molar-refractivity contribution in [3.05, 3.63) is 70.6 Å². The van der Waals surface area contributed by atoms with Crippen molar-refractivity contribution in [1.82, 2.24) is 14.4 Å². The molecule has 0 aliphatic carbocycles. The van der Waals surface area contributed by atoms with Crippen LogP contribution in [0.4, 0.5) is 0 Å². The zero-order chi connectivity index (χ0) is 16.0. The van der Waals surface area contributed by atoms with E-state index >= 15 is 0 Å². The normalized spacial score (nSPS) is 11.1. The highest BCUT2D eigenvalue weighted by atomic mass is 16.4. The summed E-state index contributed by atoms with van der Waals surface area (Å²) in [5, 5.41) is 9.29. The molecule has 23 heavy (non-hydrogen) atoms. The number of hydrogen-bond donors (Lipinski definition) is 2. The van der Waals surface area contributed by atoms with Crippen LogP contribution >= 0.6 is 0 Å². The van der Waals surface area contributed by atoms with Crippen molar-refractivity contribution in [2.45, 2.75) is 0 Å². The molecule has 0 spiro atoms. The highest BCUT2D eigenvalue weighted by Gasteiger charge is 2.17. The van der Waals surface area contributed by atoms with Crippen LogP contribution in [0.2, 0.25) is 0 Å². The van der Waals surface area contributed by atoms with Crippen molar-refractivity contribution in [2.75, 3.05) is 0 Å². The summed E-state index contributed by atoms with van der Waals surface area (Å²) in [4.78, 5) is 31.3. The van der Waals surface area contributed by atoms with Gasteiger partial charge in [-0.2, -0.15) is 0 Å². The summed E-state index contributed by atoms with van der Waals surface area (Å²) in [6, 6.07) is 14.1. The minimum atomic E-state index is -1.26. The maximum atomic E-state index is 12.3. The Morgan fingerprint density at radius 3 is 2.70 bits per heavy atom. The molecule has 0 saturated heterocycles. The van der Waals surface area contributed by atoms with Crippen LogP contribution in [0.1, 0.15) is 10.4 Å². The maximum absolute atomic E-state index is 12.3. The van der Waals surface area contributed by atoms with E-state index < -0.39 is 11.5 Å². The Morgan fingerprint density at radius 2 is 1.91 bits per heavy atom. The highest BCUT2D eigenvalue weighted by Crippen LogP contribution is 2.24. The largest absolute Gasteiger partial charge is 0.477 e. The third-order valence-corrected chi connectivity index (χ3v) is 3.75. The number of pyridine rings is 2. The van der Waals surface area contributed by atoms with Gasteiger partial charge in [-0.25, -0.2) is 9.78 Å². The minimum Gasteiger partial charge on any atom is -0.477 e. The molecule has 4 rings (SSSR count). The lowest BCUT2D eigenvalue weighted by atomic mass is 10.1. The van der Waals surface area contributed by atoms with Gasteiger partial charge in [0, 0.05) is 11.8 Å². The van der Waals surface area contributed by atoms with Crippen molar-refractivity contribution in [3.8, 4) is 11.4 Å². The van der Waals surface area contributed by atoms with Crippen LogP contribution in [0.5, 0.6) is 0 Å². The molecule has 1 aromatic carbocycles. The summed E-state index contributed by atoms with van der Waals surface area (Å²) in [7, 11) is 0. The van der Waals surface area contributed by atoms with Gasteiger partial charge in [0.05, 0.1) is 16.6 Å². The van der Waals surface area contributed by atoms with Gasteiger partial charge in [-0.15, -0.1) is 0 Å². The fourth-order valence-corrected chi connectivity index (χ4v) is 2.67. The molecular formula is C17H11N3O3. The first-order valence-electron chi connectivity index (χ1n) is 6.98. The Balaban J connectivity index is 2.11. The number of rotatable bonds is 2. The van der Waals surface area contributed by atoms with E-state index in [0.29, 0.717) is 16.9 Å². The lowest BCUT2D eigenvalue weighted by molar-refractivity contribution is 0.0695. The van der Waals surface area contributed by atoms with E-state index in [2.05, 4.69) is 9.97 Å². The molecule has 6 heteroatoms. The number of aromatic carboxylic acids is 1. The van der Waals surface area contributed by atoms with E-state index in [1.54, 1.807) is 24.4 Å². The number of nitrogens with zero attached hydrogens (tertiary/aromatic N) is 2. The molecule has 0 fully saturated rings. The van der Waals surface area contributed by atoms with Crippen molar-refractivity contribution < 1.29 is 9.90 Å². The first kappa shape index (κ1) is 13.3. The number of aromatic amines is 1. The Hall–Kier alpha value is -3.41. The van der Waals surface area contributed by atoms with E-state index in [1.807, 2.05) is 24.3 Å². The van der Waals surface area contributed by atoms with Gasteiger partial charge >= 0.3 is 5.97 Å². The van der Waals surface area contributed by atoms with Crippen molar-refractivity contribution in [1.29, 1.82) is 0 Å². The molecule has 0 unspecified atom stereocenters. The maximum Gasteiger partial charge on any atom is 0.341 e. The van der Waals surface area contributed by atoms with Gasteiger partial charge in [0.25, 0.3) is 5.56 Å². The van der Waals surface area contributed by atoms with Gasteiger partial charge in [0.2, 0.25) is 0 Å². The van der Waals surface area contributed by atoms with Crippen LogP contribution in [0, 0.1) is 0 Å². The number of benzene rings is 1. The predicted molar refractivity (Wildman–Crippen MR) is 85.7 cm³/mol. The van der Waals surface area contributed by atoms with E-state index in [9.17, 15) is 14.7 Å². The molecule has 0 atom stereocenters. The number of carboxylic acid groups (broad SMARTS) is 1. The standard InChI is InChI=1S/C17H11N3O3/c21-16-11(17(22)23)9-10(14-7-3-4-8-20(14)16)15-18-12-5-1-2-6-13(12)19-15/h1-9H,(H,18,19)(H,22,23). The van der Waals surface area contributed by atoms with E-state index in [-0.39, 0.29) is 5.56 Å². The molecule has 0 saturated carbocycles. The van der Waals surface area contributed by atoms with E-state index in [1.165, 1.54) is 10.5 Å². The van der Waals surface area contributed by atoms with Crippen LogP contribution < -0.4 is 5.56 Å². The number of H-pyrrole nitrogens is 1. The van der Waals surface area contributed by atoms with Gasteiger partial charge in [0.15, 0.2) is 0 Å². The number of carboxylic acids is 1. The highest BCUT2D eigenvalue weighted by molar-refractivity contribution is 5.92. The number of imidazole rings is 1. The second kappa shape index (κ2) is 4.81. The van der Waals surface area contributed by atoms with Gasteiger partial charge in [-0.1, -0.05) is 18.2 Å². The Labute approximate surface area is 129 Å². The second-order valence-electron chi connectivity index (χ2n) is 5.14. The first-order valence-corrected chi connectivity index (χ1v) is 6.98. The first-order chi connectivity index (χ1) is 11.1. The number of aromatic nitrogens is 3. The van der Waals surface area contributed by atoms with Gasteiger partial charge in [-0.3, -0.25) is 9.20 Å². The molecule has 0 aliphatic rings. The van der Waals surface area contributed by atoms with Crippen molar-refractivity contribution in [3.63, 3.8) is 0 Å². The average molecular weight is 305 g/mol. The van der Waals surface area contributed by atoms with Crippen LogP contribution in [0.25, 0.3) is 27.9 Å². The predicted octanol–water partition coefficient (Wildman–Crippen LogP) is 2.54. The summed E-state index contributed by atoms with van der Waals surface area (Å²) in [6.07, 6.45) is 1.55. The molecular weight excluding hydrogens is 294 g/mol. The molecule has 3 heterocycles. The summed E-state index contributed by atoms with van der Waals surface area (Å²) >= 11 is 0.